The average molecular weight is 330 g/mol. The zero-order valence-electron chi connectivity index (χ0n) is 12.3. The van der Waals surface area contributed by atoms with Crippen molar-refractivity contribution in [2.45, 2.75) is 18.6 Å². The van der Waals surface area contributed by atoms with E-state index >= 15 is 0 Å². The molecule has 3 rings (SSSR count). The number of hydrogen-bond donors (Lipinski definition) is 1. The highest BCUT2D eigenvalue weighted by atomic mass is 32.2. The van der Waals surface area contributed by atoms with Gasteiger partial charge in [-0.2, -0.15) is 0 Å². The van der Waals surface area contributed by atoms with Crippen molar-refractivity contribution in [3.8, 4) is 11.5 Å². The van der Waals surface area contributed by atoms with Gasteiger partial charge in [0.1, 0.15) is 6.33 Å². The Labute approximate surface area is 136 Å². The van der Waals surface area contributed by atoms with E-state index in [0.717, 1.165) is 12.1 Å². The van der Waals surface area contributed by atoms with Gasteiger partial charge in [0.05, 0.1) is 5.75 Å². The number of aryl methyl sites for hydroxylation is 1. The number of nitrogens with zero attached hydrogens (tertiary/aromatic N) is 5. The second kappa shape index (κ2) is 7.05. The van der Waals surface area contributed by atoms with E-state index in [4.69, 9.17) is 4.42 Å². The highest BCUT2D eigenvalue weighted by molar-refractivity contribution is 7.99. The molecule has 0 aliphatic carbocycles. The van der Waals surface area contributed by atoms with Crippen molar-refractivity contribution in [2.24, 2.45) is 0 Å². The van der Waals surface area contributed by atoms with Crippen LogP contribution in [0.1, 0.15) is 6.92 Å². The molecule has 23 heavy (non-hydrogen) atoms. The zero-order valence-corrected chi connectivity index (χ0v) is 13.2. The molecule has 118 valence electrons. The third-order valence-corrected chi connectivity index (χ3v) is 3.93. The first kappa shape index (κ1) is 15.2. The van der Waals surface area contributed by atoms with Crippen LogP contribution >= 0.6 is 11.8 Å². The Kier molecular flexibility index (Phi) is 4.67. The van der Waals surface area contributed by atoms with Crippen LogP contribution in [0.4, 0.5) is 6.01 Å². The third kappa shape index (κ3) is 3.75. The lowest BCUT2D eigenvalue weighted by Crippen LogP contribution is -2.14. The fourth-order valence-corrected chi connectivity index (χ4v) is 2.61. The van der Waals surface area contributed by atoms with Crippen LogP contribution in [0.25, 0.3) is 11.5 Å². The molecular formula is C14H14N6O2S. The van der Waals surface area contributed by atoms with Crippen LogP contribution in [0.3, 0.4) is 0 Å². The summed E-state index contributed by atoms with van der Waals surface area (Å²) in [6.45, 7) is 2.73. The maximum atomic E-state index is 11.9. The van der Waals surface area contributed by atoms with Crippen molar-refractivity contribution in [3.63, 3.8) is 0 Å². The first-order valence-electron chi connectivity index (χ1n) is 6.95. The summed E-state index contributed by atoms with van der Waals surface area (Å²) in [6.07, 6.45) is 1.63. The van der Waals surface area contributed by atoms with E-state index in [-0.39, 0.29) is 17.7 Å². The quantitative estimate of drug-likeness (QED) is 0.691. The number of amides is 1. The number of anilines is 1. The largest absolute Gasteiger partial charge is 0.403 e. The lowest BCUT2D eigenvalue weighted by molar-refractivity contribution is -0.113. The number of hydrogen-bond acceptors (Lipinski definition) is 7. The second-order valence-electron chi connectivity index (χ2n) is 4.51. The van der Waals surface area contributed by atoms with E-state index in [2.05, 4.69) is 25.7 Å². The summed E-state index contributed by atoms with van der Waals surface area (Å²) in [6, 6.07) is 9.43. The van der Waals surface area contributed by atoms with Gasteiger partial charge in [0.2, 0.25) is 11.8 Å². The van der Waals surface area contributed by atoms with Crippen LogP contribution in [0.5, 0.6) is 0 Å². The molecule has 0 saturated heterocycles. The molecule has 2 heterocycles. The van der Waals surface area contributed by atoms with Crippen molar-refractivity contribution in [1.82, 2.24) is 25.0 Å². The monoisotopic (exact) mass is 330 g/mol. The number of carbonyl (C=O) groups is 1. The maximum absolute atomic E-state index is 11.9. The van der Waals surface area contributed by atoms with Crippen molar-refractivity contribution >= 4 is 23.7 Å². The highest BCUT2D eigenvalue weighted by Gasteiger charge is 2.12. The lowest BCUT2D eigenvalue weighted by Gasteiger charge is -2.02. The predicted octanol–water partition coefficient (Wildman–Crippen LogP) is 2.08. The van der Waals surface area contributed by atoms with Crippen LogP contribution in [-0.2, 0) is 11.3 Å². The summed E-state index contributed by atoms with van der Waals surface area (Å²) in [7, 11) is 0. The average Bonchev–Trinajstić information content (AvgIpc) is 3.22. The second-order valence-corrected chi connectivity index (χ2v) is 5.46. The standard InChI is InChI=1S/C14H14N6O2S/c1-2-20-9-15-19-14(20)23-8-11(21)16-13-18-17-12(22-13)10-6-4-3-5-7-10/h3-7,9H,2,8H2,1H3,(H,16,18,21). The smallest absolute Gasteiger partial charge is 0.322 e. The van der Waals surface area contributed by atoms with Crippen LogP contribution < -0.4 is 5.32 Å². The fraction of sp³-hybridized carbons (Fsp3) is 0.214. The summed E-state index contributed by atoms with van der Waals surface area (Å²) in [5.41, 5.74) is 0.797. The molecule has 0 spiro atoms. The number of rotatable bonds is 6. The Morgan fingerprint density at radius 2 is 2.09 bits per heavy atom. The molecule has 0 radical (unpaired) electrons. The zero-order chi connectivity index (χ0) is 16.1. The van der Waals surface area contributed by atoms with E-state index in [1.54, 1.807) is 6.33 Å². The van der Waals surface area contributed by atoms with Gasteiger partial charge in [-0.25, -0.2) is 0 Å². The summed E-state index contributed by atoms with van der Waals surface area (Å²) < 4.78 is 7.28. The van der Waals surface area contributed by atoms with E-state index in [1.807, 2.05) is 41.8 Å². The van der Waals surface area contributed by atoms with Gasteiger partial charge in [0.15, 0.2) is 5.16 Å². The van der Waals surface area contributed by atoms with Gasteiger partial charge in [-0.15, -0.1) is 15.3 Å². The predicted molar refractivity (Wildman–Crippen MR) is 84.8 cm³/mol. The molecule has 0 fully saturated rings. The molecule has 1 amide bonds. The van der Waals surface area contributed by atoms with Crippen molar-refractivity contribution in [3.05, 3.63) is 36.7 Å². The topological polar surface area (TPSA) is 98.7 Å². The van der Waals surface area contributed by atoms with Crippen molar-refractivity contribution < 1.29 is 9.21 Å². The Bertz CT molecular complexity index is 785. The number of aromatic nitrogens is 5. The Morgan fingerprint density at radius 1 is 1.26 bits per heavy atom. The van der Waals surface area contributed by atoms with Crippen LogP contribution in [0.2, 0.25) is 0 Å². The maximum Gasteiger partial charge on any atom is 0.322 e. The van der Waals surface area contributed by atoms with Gasteiger partial charge in [-0.05, 0) is 19.1 Å². The summed E-state index contributed by atoms with van der Waals surface area (Å²) in [5.74, 6) is 0.296. The SMILES string of the molecule is CCn1cnnc1SCC(=O)Nc1nnc(-c2ccccc2)o1. The first-order valence-corrected chi connectivity index (χ1v) is 7.94. The van der Waals surface area contributed by atoms with Gasteiger partial charge >= 0.3 is 6.01 Å². The van der Waals surface area contributed by atoms with Gasteiger partial charge < -0.3 is 8.98 Å². The number of thioether (sulfide) groups is 1. The molecule has 0 bridgehead atoms. The van der Waals surface area contributed by atoms with Crippen LogP contribution in [-0.4, -0.2) is 36.6 Å². The van der Waals surface area contributed by atoms with Gasteiger partial charge in [-0.3, -0.25) is 10.1 Å². The minimum Gasteiger partial charge on any atom is -0.403 e. The third-order valence-electron chi connectivity index (χ3n) is 2.95. The summed E-state index contributed by atoms with van der Waals surface area (Å²) >= 11 is 1.30. The molecular weight excluding hydrogens is 316 g/mol. The van der Waals surface area contributed by atoms with E-state index < -0.39 is 0 Å². The van der Waals surface area contributed by atoms with E-state index in [0.29, 0.717) is 11.0 Å². The Morgan fingerprint density at radius 3 is 2.87 bits per heavy atom. The number of nitrogens with one attached hydrogen (secondary N) is 1. The molecule has 3 aromatic rings. The van der Waals surface area contributed by atoms with Gasteiger partial charge in [-0.1, -0.05) is 35.1 Å². The summed E-state index contributed by atoms with van der Waals surface area (Å²) in [5, 5.41) is 18.8. The van der Waals surface area contributed by atoms with Crippen molar-refractivity contribution in [1.29, 1.82) is 0 Å². The molecule has 8 nitrogen and oxygen atoms in total. The first-order chi connectivity index (χ1) is 11.3. The number of carbonyl (C=O) groups excluding carboxylic acids is 1. The molecule has 2 aromatic heterocycles. The van der Waals surface area contributed by atoms with E-state index in [1.165, 1.54) is 11.8 Å². The Hall–Kier alpha value is -2.68. The van der Waals surface area contributed by atoms with Crippen LogP contribution in [0.15, 0.2) is 46.2 Å². The molecule has 0 aliphatic rings. The lowest BCUT2D eigenvalue weighted by atomic mass is 10.2. The van der Waals surface area contributed by atoms with E-state index in [9.17, 15) is 4.79 Å². The number of benzene rings is 1. The van der Waals surface area contributed by atoms with Gasteiger partial charge in [0.25, 0.3) is 0 Å². The minimum absolute atomic E-state index is 0.0754. The molecule has 1 aromatic carbocycles. The molecule has 0 atom stereocenters. The van der Waals surface area contributed by atoms with Gasteiger partial charge in [0, 0.05) is 12.1 Å². The molecule has 0 saturated carbocycles. The van der Waals surface area contributed by atoms with Crippen molar-refractivity contribution in [2.75, 3.05) is 11.1 Å². The normalized spacial score (nSPS) is 10.7. The van der Waals surface area contributed by atoms with Crippen LogP contribution in [0, 0.1) is 0 Å². The molecule has 9 heteroatoms. The minimum atomic E-state index is -0.246. The Balaban J connectivity index is 1.57. The molecule has 0 unspecified atom stereocenters. The highest BCUT2D eigenvalue weighted by Crippen LogP contribution is 2.20. The molecule has 1 N–H and O–H groups in total. The molecule has 0 aliphatic heterocycles. The fourth-order valence-electron chi connectivity index (χ4n) is 1.83. The summed E-state index contributed by atoms with van der Waals surface area (Å²) in [4.78, 5) is 11.9.